The number of likely N-dealkylation sites (N-methyl/N-ethyl adjacent to an activating group) is 1. The normalized spacial score (nSPS) is 18.2. The average Bonchev–Trinajstić information content (AvgIpc) is 3.10. The van der Waals surface area contributed by atoms with E-state index in [0.717, 1.165) is 39.3 Å². The van der Waals surface area contributed by atoms with Crippen LogP contribution in [0.25, 0.3) is 0 Å². The van der Waals surface area contributed by atoms with Crippen LogP contribution in [0.3, 0.4) is 0 Å². The molecule has 142 valence electrons. The van der Waals surface area contributed by atoms with E-state index < -0.39 is 0 Å². The van der Waals surface area contributed by atoms with Gasteiger partial charge in [0.15, 0.2) is 0 Å². The molecule has 0 saturated carbocycles. The number of anilines is 1. The van der Waals surface area contributed by atoms with Gasteiger partial charge in [-0.2, -0.15) is 0 Å². The fourth-order valence-electron chi connectivity index (χ4n) is 4.02. The molecule has 5 nitrogen and oxygen atoms in total. The van der Waals surface area contributed by atoms with Crippen molar-refractivity contribution in [3.8, 4) is 0 Å². The van der Waals surface area contributed by atoms with Crippen LogP contribution in [0.1, 0.15) is 27.5 Å². The van der Waals surface area contributed by atoms with E-state index in [4.69, 9.17) is 4.74 Å². The number of nitrogens with one attached hydrogen (secondary N) is 1. The van der Waals surface area contributed by atoms with Crippen molar-refractivity contribution in [3.63, 3.8) is 0 Å². The van der Waals surface area contributed by atoms with Crippen molar-refractivity contribution in [3.05, 3.63) is 65.2 Å². The predicted molar refractivity (Wildman–Crippen MR) is 107 cm³/mol. The van der Waals surface area contributed by atoms with Gasteiger partial charge < -0.3 is 15.0 Å². The van der Waals surface area contributed by atoms with Gasteiger partial charge in [-0.3, -0.25) is 9.69 Å². The molecule has 27 heavy (non-hydrogen) atoms. The van der Waals surface area contributed by atoms with Gasteiger partial charge in [-0.15, -0.1) is 0 Å². The standard InChI is InChI=1S/C22H27N3O2/c1-24-10-9-19-15-18(7-8-20(19)24)21(25-11-13-27-14-12-25)16-23-22(26)17-5-3-2-4-6-17/h2-8,15,21H,9-14,16H2,1H3,(H,23,26)/t21-/m0/s1. The van der Waals surface area contributed by atoms with Crippen molar-refractivity contribution in [2.45, 2.75) is 12.5 Å². The first kappa shape index (κ1) is 18.0. The van der Waals surface area contributed by atoms with Crippen LogP contribution in [0.4, 0.5) is 5.69 Å². The number of carbonyl (C=O) groups excluding carboxylic acids is 1. The summed E-state index contributed by atoms with van der Waals surface area (Å²) in [6.07, 6.45) is 1.09. The summed E-state index contributed by atoms with van der Waals surface area (Å²) >= 11 is 0. The molecule has 2 aromatic carbocycles. The summed E-state index contributed by atoms with van der Waals surface area (Å²) < 4.78 is 5.53. The van der Waals surface area contributed by atoms with Crippen LogP contribution < -0.4 is 10.2 Å². The minimum Gasteiger partial charge on any atom is -0.379 e. The lowest BCUT2D eigenvalue weighted by molar-refractivity contribution is 0.0162. The quantitative estimate of drug-likeness (QED) is 0.884. The van der Waals surface area contributed by atoms with Crippen molar-refractivity contribution in [1.29, 1.82) is 0 Å². The molecule has 0 bridgehead atoms. The van der Waals surface area contributed by atoms with Gasteiger partial charge in [0.1, 0.15) is 0 Å². The lowest BCUT2D eigenvalue weighted by Crippen LogP contribution is -2.43. The van der Waals surface area contributed by atoms with Crippen LogP contribution in [0.2, 0.25) is 0 Å². The second-order valence-electron chi connectivity index (χ2n) is 7.30. The molecule has 2 aliphatic heterocycles. The maximum absolute atomic E-state index is 12.5. The first-order valence-electron chi connectivity index (χ1n) is 9.71. The Morgan fingerprint density at radius 2 is 1.89 bits per heavy atom. The molecule has 4 rings (SSSR count). The fourth-order valence-corrected chi connectivity index (χ4v) is 4.02. The molecule has 0 spiro atoms. The Bertz CT molecular complexity index is 787. The van der Waals surface area contributed by atoms with Gasteiger partial charge in [0.25, 0.3) is 5.91 Å². The highest BCUT2D eigenvalue weighted by atomic mass is 16.5. The van der Waals surface area contributed by atoms with Crippen LogP contribution >= 0.6 is 0 Å². The summed E-state index contributed by atoms with van der Waals surface area (Å²) in [6.45, 7) is 4.95. The Balaban J connectivity index is 1.53. The van der Waals surface area contributed by atoms with Gasteiger partial charge in [-0.1, -0.05) is 30.3 Å². The lowest BCUT2D eigenvalue weighted by Gasteiger charge is -2.35. The molecule has 0 aliphatic carbocycles. The van der Waals surface area contributed by atoms with E-state index in [9.17, 15) is 4.79 Å². The highest BCUT2D eigenvalue weighted by Crippen LogP contribution is 2.31. The van der Waals surface area contributed by atoms with Crippen molar-refractivity contribution in [2.24, 2.45) is 0 Å². The Morgan fingerprint density at radius 3 is 2.67 bits per heavy atom. The summed E-state index contributed by atoms with van der Waals surface area (Å²) in [5, 5.41) is 3.14. The number of rotatable bonds is 5. The average molecular weight is 365 g/mol. The molecule has 2 aromatic rings. The number of hydrogen-bond acceptors (Lipinski definition) is 4. The number of fused-ring (bicyclic) bond motifs is 1. The summed E-state index contributed by atoms with van der Waals surface area (Å²) in [6, 6.07) is 16.4. The van der Waals surface area contributed by atoms with Crippen molar-refractivity contribution in [1.82, 2.24) is 10.2 Å². The zero-order valence-electron chi connectivity index (χ0n) is 15.9. The Kier molecular flexibility index (Phi) is 5.41. The van der Waals surface area contributed by atoms with Crippen molar-refractivity contribution < 1.29 is 9.53 Å². The van der Waals surface area contributed by atoms with Crippen LogP contribution in [-0.2, 0) is 11.2 Å². The highest BCUT2D eigenvalue weighted by Gasteiger charge is 2.25. The van der Waals surface area contributed by atoms with Gasteiger partial charge in [0.2, 0.25) is 0 Å². The second-order valence-corrected chi connectivity index (χ2v) is 7.30. The summed E-state index contributed by atoms with van der Waals surface area (Å²) in [4.78, 5) is 17.3. The molecular weight excluding hydrogens is 338 g/mol. The molecule has 0 unspecified atom stereocenters. The molecule has 1 N–H and O–H groups in total. The number of ether oxygens (including phenoxy) is 1. The molecule has 1 saturated heterocycles. The van der Waals surface area contributed by atoms with E-state index in [2.05, 4.69) is 40.4 Å². The van der Waals surface area contributed by atoms with Gasteiger partial charge in [0, 0.05) is 44.5 Å². The number of hydrogen-bond donors (Lipinski definition) is 1. The molecule has 5 heteroatoms. The molecule has 2 heterocycles. The van der Waals surface area contributed by atoms with Crippen LogP contribution in [0.15, 0.2) is 48.5 Å². The van der Waals surface area contributed by atoms with Crippen molar-refractivity contribution >= 4 is 11.6 Å². The minimum atomic E-state index is -0.0187. The zero-order chi connectivity index (χ0) is 18.6. The first-order valence-corrected chi connectivity index (χ1v) is 9.71. The molecule has 0 radical (unpaired) electrons. The number of nitrogens with zero attached hydrogens (tertiary/aromatic N) is 2. The molecule has 1 atom stereocenters. The Labute approximate surface area is 160 Å². The maximum Gasteiger partial charge on any atom is 0.251 e. The Morgan fingerprint density at radius 1 is 1.11 bits per heavy atom. The van der Waals surface area contributed by atoms with E-state index in [1.54, 1.807) is 0 Å². The molecule has 1 fully saturated rings. The number of amides is 1. The number of morpholine rings is 1. The second kappa shape index (κ2) is 8.11. The van der Waals surface area contributed by atoms with E-state index in [-0.39, 0.29) is 11.9 Å². The summed E-state index contributed by atoms with van der Waals surface area (Å²) in [7, 11) is 2.14. The van der Waals surface area contributed by atoms with E-state index in [1.807, 2.05) is 30.3 Å². The minimum absolute atomic E-state index is 0.0187. The Hall–Kier alpha value is -2.37. The molecule has 0 aromatic heterocycles. The largest absolute Gasteiger partial charge is 0.379 e. The number of benzene rings is 2. The van der Waals surface area contributed by atoms with Crippen LogP contribution in [0, 0.1) is 0 Å². The molecule has 1 amide bonds. The molecular formula is C22H27N3O2. The van der Waals surface area contributed by atoms with E-state index in [1.165, 1.54) is 16.8 Å². The monoisotopic (exact) mass is 365 g/mol. The summed E-state index contributed by atoms with van der Waals surface area (Å²) in [5.74, 6) is -0.0187. The SMILES string of the molecule is CN1CCc2cc([C@H](CNC(=O)c3ccccc3)N3CCOCC3)ccc21. The van der Waals surface area contributed by atoms with Gasteiger partial charge in [-0.25, -0.2) is 0 Å². The first-order chi connectivity index (χ1) is 13.2. The van der Waals surface area contributed by atoms with Crippen LogP contribution in [0.5, 0.6) is 0 Å². The van der Waals surface area contributed by atoms with Gasteiger partial charge in [0.05, 0.1) is 19.3 Å². The zero-order valence-corrected chi connectivity index (χ0v) is 15.9. The smallest absolute Gasteiger partial charge is 0.251 e. The topological polar surface area (TPSA) is 44.8 Å². The third kappa shape index (κ3) is 3.99. The van der Waals surface area contributed by atoms with E-state index in [0.29, 0.717) is 12.1 Å². The third-order valence-corrected chi connectivity index (χ3v) is 5.59. The predicted octanol–water partition coefficient (Wildman–Crippen LogP) is 2.48. The lowest BCUT2D eigenvalue weighted by atomic mass is 10.00. The van der Waals surface area contributed by atoms with Gasteiger partial charge in [-0.05, 0) is 35.7 Å². The number of carbonyl (C=O) groups is 1. The fraction of sp³-hybridized carbons (Fsp3) is 0.409. The third-order valence-electron chi connectivity index (χ3n) is 5.59. The summed E-state index contributed by atoms with van der Waals surface area (Å²) in [5.41, 5.74) is 4.71. The maximum atomic E-state index is 12.5. The van der Waals surface area contributed by atoms with Gasteiger partial charge >= 0.3 is 0 Å². The van der Waals surface area contributed by atoms with E-state index >= 15 is 0 Å². The highest BCUT2D eigenvalue weighted by molar-refractivity contribution is 5.94. The van der Waals surface area contributed by atoms with Crippen LogP contribution in [-0.4, -0.2) is 57.2 Å². The van der Waals surface area contributed by atoms with Crippen molar-refractivity contribution in [2.75, 3.05) is 51.3 Å². The molecule has 2 aliphatic rings.